The molecule has 1 saturated heterocycles. The summed E-state index contributed by atoms with van der Waals surface area (Å²) >= 11 is 6.19. The number of amides is 1. The van der Waals surface area contributed by atoms with Crippen LogP contribution in [0.5, 0.6) is 23.0 Å². The van der Waals surface area contributed by atoms with Gasteiger partial charge in [0.25, 0.3) is 0 Å². The smallest absolute Gasteiger partial charge is 0.246 e. The van der Waals surface area contributed by atoms with Crippen molar-refractivity contribution in [1.29, 1.82) is 0 Å². The third-order valence-electron chi connectivity index (χ3n) is 5.87. The van der Waals surface area contributed by atoms with E-state index in [0.717, 1.165) is 5.56 Å². The van der Waals surface area contributed by atoms with Crippen LogP contribution in [0.2, 0.25) is 5.02 Å². The van der Waals surface area contributed by atoms with Crippen molar-refractivity contribution in [2.75, 3.05) is 33.1 Å². The van der Waals surface area contributed by atoms with Crippen molar-refractivity contribution in [2.24, 2.45) is 5.92 Å². The van der Waals surface area contributed by atoms with E-state index in [9.17, 15) is 9.59 Å². The number of Topliss-reactive ketones (excluding diaryl/α,β-unsaturated/α-hetero) is 1. The molecule has 0 saturated carbocycles. The summed E-state index contributed by atoms with van der Waals surface area (Å²) in [4.78, 5) is 27.3. The predicted octanol–water partition coefficient (Wildman–Crippen LogP) is 3.97. The number of ketones is 1. The van der Waals surface area contributed by atoms with Crippen LogP contribution in [-0.4, -0.2) is 49.7 Å². The van der Waals surface area contributed by atoms with Gasteiger partial charge >= 0.3 is 0 Å². The second kappa shape index (κ2) is 8.74. The Morgan fingerprint density at radius 3 is 2.53 bits per heavy atom. The number of halogens is 1. The number of piperidine rings is 1. The average Bonchev–Trinajstić information content (AvgIpc) is 3.31. The van der Waals surface area contributed by atoms with Gasteiger partial charge in [0.05, 0.1) is 5.02 Å². The number of benzene rings is 2. The maximum atomic E-state index is 12.9. The minimum absolute atomic E-state index is 0.0830. The van der Waals surface area contributed by atoms with E-state index >= 15 is 0 Å². The summed E-state index contributed by atoms with van der Waals surface area (Å²) in [6.07, 6.45) is 4.49. The van der Waals surface area contributed by atoms with Crippen molar-refractivity contribution in [3.63, 3.8) is 0 Å². The van der Waals surface area contributed by atoms with Crippen molar-refractivity contribution in [1.82, 2.24) is 4.90 Å². The van der Waals surface area contributed by atoms with Gasteiger partial charge in [-0.15, -0.1) is 0 Å². The molecule has 0 bridgehead atoms. The van der Waals surface area contributed by atoms with Gasteiger partial charge in [0, 0.05) is 30.6 Å². The molecule has 3 aliphatic rings. The molecule has 8 heteroatoms. The van der Waals surface area contributed by atoms with Gasteiger partial charge in [-0.1, -0.05) is 11.6 Å². The summed E-state index contributed by atoms with van der Waals surface area (Å²) in [6, 6.07) is 8.85. The van der Waals surface area contributed by atoms with Crippen LogP contribution in [0.15, 0.2) is 36.4 Å². The van der Waals surface area contributed by atoms with Crippen LogP contribution < -0.4 is 18.9 Å². The molecule has 5 rings (SSSR count). The molecule has 2 aromatic carbocycles. The zero-order chi connectivity index (χ0) is 22.1. The Bertz CT molecular complexity index is 1090. The van der Waals surface area contributed by atoms with E-state index in [-0.39, 0.29) is 24.4 Å². The minimum atomic E-state index is -0.113. The summed E-state index contributed by atoms with van der Waals surface area (Å²) in [7, 11) is 0. The van der Waals surface area contributed by atoms with Gasteiger partial charge in [0.15, 0.2) is 28.8 Å². The van der Waals surface area contributed by atoms with Gasteiger partial charge in [-0.3, -0.25) is 9.59 Å². The molecule has 3 aliphatic heterocycles. The van der Waals surface area contributed by atoms with Crippen molar-refractivity contribution in [2.45, 2.75) is 12.8 Å². The van der Waals surface area contributed by atoms with Gasteiger partial charge in [-0.2, -0.15) is 0 Å². The van der Waals surface area contributed by atoms with Gasteiger partial charge in [0.2, 0.25) is 12.7 Å². The van der Waals surface area contributed by atoms with Crippen molar-refractivity contribution in [3.8, 4) is 23.0 Å². The first-order valence-corrected chi connectivity index (χ1v) is 11.0. The zero-order valence-corrected chi connectivity index (χ0v) is 18.1. The van der Waals surface area contributed by atoms with E-state index in [1.807, 2.05) is 0 Å². The lowest BCUT2D eigenvalue weighted by molar-refractivity contribution is -0.127. The Morgan fingerprint density at radius 2 is 1.72 bits per heavy atom. The normalized spacial score (nSPS) is 17.6. The summed E-state index contributed by atoms with van der Waals surface area (Å²) in [5, 5.41) is 0.450. The summed E-state index contributed by atoms with van der Waals surface area (Å²) in [5.41, 5.74) is 1.38. The van der Waals surface area contributed by atoms with Crippen molar-refractivity contribution >= 4 is 29.4 Å². The predicted molar refractivity (Wildman–Crippen MR) is 118 cm³/mol. The molecule has 166 valence electrons. The summed E-state index contributed by atoms with van der Waals surface area (Å²) in [6.45, 7) is 2.21. The number of fused-ring (bicyclic) bond motifs is 2. The number of carbonyl (C=O) groups is 2. The minimum Gasteiger partial charge on any atom is -0.486 e. The van der Waals surface area contributed by atoms with Gasteiger partial charge in [-0.05, 0) is 54.8 Å². The fraction of sp³-hybridized carbons (Fsp3) is 0.333. The highest BCUT2D eigenvalue weighted by molar-refractivity contribution is 6.32. The van der Waals surface area contributed by atoms with E-state index in [0.29, 0.717) is 72.7 Å². The molecule has 0 atom stereocenters. The maximum Gasteiger partial charge on any atom is 0.246 e. The third kappa shape index (κ3) is 4.12. The molecule has 1 amide bonds. The van der Waals surface area contributed by atoms with Gasteiger partial charge in [-0.25, -0.2) is 0 Å². The number of ether oxygens (including phenoxy) is 4. The number of nitrogens with zero attached hydrogens (tertiary/aromatic N) is 1. The number of hydrogen-bond acceptors (Lipinski definition) is 6. The van der Waals surface area contributed by atoms with Crippen molar-refractivity contribution < 1.29 is 28.5 Å². The Hall–Kier alpha value is -3.19. The highest BCUT2D eigenvalue weighted by atomic mass is 35.5. The molecular formula is C24H22ClNO6. The largest absolute Gasteiger partial charge is 0.486 e. The summed E-state index contributed by atoms with van der Waals surface area (Å²) < 4.78 is 21.8. The highest BCUT2D eigenvalue weighted by Gasteiger charge is 2.28. The lowest BCUT2D eigenvalue weighted by atomic mass is 9.88. The Morgan fingerprint density at radius 1 is 0.938 bits per heavy atom. The van der Waals surface area contributed by atoms with E-state index in [1.165, 1.54) is 6.08 Å². The highest BCUT2D eigenvalue weighted by Crippen LogP contribution is 2.40. The third-order valence-corrected chi connectivity index (χ3v) is 6.15. The zero-order valence-electron chi connectivity index (χ0n) is 17.3. The fourth-order valence-electron chi connectivity index (χ4n) is 4.15. The van der Waals surface area contributed by atoms with E-state index < -0.39 is 0 Å². The summed E-state index contributed by atoms with van der Waals surface area (Å²) in [5.74, 6) is 2.26. The first kappa shape index (κ1) is 20.7. The van der Waals surface area contributed by atoms with Gasteiger partial charge < -0.3 is 23.8 Å². The second-order valence-corrected chi connectivity index (χ2v) is 8.30. The molecule has 0 aromatic heterocycles. The Kier molecular flexibility index (Phi) is 5.66. The molecule has 3 heterocycles. The Balaban J connectivity index is 1.18. The van der Waals surface area contributed by atoms with Crippen LogP contribution in [-0.2, 0) is 4.79 Å². The molecule has 0 unspecified atom stereocenters. The van der Waals surface area contributed by atoms with Crippen LogP contribution in [0.25, 0.3) is 6.08 Å². The van der Waals surface area contributed by atoms with E-state index in [4.69, 9.17) is 30.5 Å². The van der Waals surface area contributed by atoms with E-state index in [1.54, 1.807) is 41.3 Å². The molecule has 0 radical (unpaired) electrons. The lowest BCUT2D eigenvalue weighted by Gasteiger charge is -2.30. The molecule has 0 N–H and O–H groups in total. The van der Waals surface area contributed by atoms with Crippen LogP contribution in [0.4, 0.5) is 0 Å². The average molecular weight is 456 g/mol. The second-order valence-electron chi connectivity index (χ2n) is 7.89. The molecule has 1 fully saturated rings. The molecule has 7 nitrogen and oxygen atoms in total. The molecule has 32 heavy (non-hydrogen) atoms. The van der Waals surface area contributed by atoms with Crippen LogP contribution in [0.1, 0.15) is 28.8 Å². The SMILES string of the molecule is O=C(c1ccc2c(c1)OCCO2)C1CCN(C(=O)/C=C/c2cc(Cl)c3c(c2)OCO3)CC1. The Labute approximate surface area is 190 Å². The number of carbonyl (C=O) groups excluding carboxylic acids is 2. The van der Waals surface area contributed by atoms with Gasteiger partial charge in [0.1, 0.15) is 13.2 Å². The number of rotatable bonds is 4. The quantitative estimate of drug-likeness (QED) is 0.513. The van der Waals surface area contributed by atoms with Crippen LogP contribution >= 0.6 is 11.6 Å². The molecule has 2 aromatic rings. The van der Waals surface area contributed by atoms with E-state index in [2.05, 4.69) is 0 Å². The topological polar surface area (TPSA) is 74.3 Å². The first-order valence-electron chi connectivity index (χ1n) is 10.6. The monoisotopic (exact) mass is 455 g/mol. The number of likely N-dealkylation sites (tertiary alicyclic amines) is 1. The first-order chi connectivity index (χ1) is 15.6. The fourth-order valence-corrected chi connectivity index (χ4v) is 4.42. The standard InChI is InChI=1S/C24H22ClNO6/c25-18-11-15(12-21-24(18)32-14-31-21)1-4-22(27)26-7-5-16(6-8-26)23(28)17-2-3-19-20(13-17)30-10-9-29-19/h1-4,11-13,16H,5-10,14H2/b4-1+. The maximum absolute atomic E-state index is 12.9. The lowest BCUT2D eigenvalue weighted by Crippen LogP contribution is -2.39. The van der Waals surface area contributed by atoms with Crippen LogP contribution in [0, 0.1) is 5.92 Å². The van der Waals surface area contributed by atoms with Crippen molar-refractivity contribution in [3.05, 3.63) is 52.6 Å². The molecule has 0 spiro atoms. The van der Waals surface area contributed by atoms with Crippen LogP contribution in [0.3, 0.4) is 0 Å². The molecular weight excluding hydrogens is 434 g/mol. The molecule has 0 aliphatic carbocycles. The number of hydrogen-bond donors (Lipinski definition) is 0.